The first-order valence-corrected chi connectivity index (χ1v) is 6.56. The fraction of sp³-hybridized carbons (Fsp3) is 0.889. The lowest BCUT2D eigenvalue weighted by Gasteiger charge is -2.18. The summed E-state index contributed by atoms with van der Waals surface area (Å²) < 4.78 is 25.3. The highest BCUT2D eigenvalue weighted by Gasteiger charge is 2.18. The molecule has 0 spiro atoms. The van der Waals surface area contributed by atoms with Crippen LogP contribution in [0.25, 0.3) is 0 Å². The number of nitriles is 1. The van der Waals surface area contributed by atoms with Crippen molar-refractivity contribution in [1.29, 1.82) is 5.26 Å². The molecule has 0 radical (unpaired) electrons. The van der Waals surface area contributed by atoms with Crippen molar-refractivity contribution >= 4 is 10.0 Å². The van der Waals surface area contributed by atoms with E-state index < -0.39 is 10.0 Å². The molecule has 0 fully saturated rings. The Bertz CT molecular complexity index is 308. The van der Waals surface area contributed by atoms with Crippen LogP contribution in [0.5, 0.6) is 0 Å². The molecule has 0 saturated carbocycles. The maximum Gasteiger partial charge on any atom is 0.211 e. The van der Waals surface area contributed by atoms with E-state index in [0.29, 0.717) is 6.42 Å². The third-order valence-electron chi connectivity index (χ3n) is 2.21. The standard InChI is InChI=1S/C9H18N2O3S/c1-8(7-12)9(2)11-15(13,14)6-4-3-5-10/h8-9,11-12H,3-4,6-7H2,1-2H3. The number of hydrogen-bond donors (Lipinski definition) is 2. The first kappa shape index (κ1) is 14.4. The predicted molar refractivity (Wildman–Crippen MR) is 57.5 cm³/mol. The van der Waals surface area contributed by atoms with Gasteiger partial charge in [-0.3, -0.25) is 0 Å². The minimum Gasteiger partial charge on any atom is -0.396 e. The molecule has 0 amide bonds. The Morgan fingerprint density at radius 1 is 1.47 bits per heavy atom. The maximum atomic E-state index is 11.4. The van der Waals surface area contributed by atoms with Gasteiger partial charge in [0.15, 0.2) is 0 Å². The number of aliphatic hydroxyl groups excluding tert-OH is 1. The van der Waals surface area contributed by atoms with E-state index in [-0.39, 0.29) is 30.7 Å². The van der Waals surface area contributed by atoms with Crippen molar-refractivity contribution in [3.8, 4) is 6.07 Å². The molecule has 2 N–H and O–H groups in total. The fourth-order valence-electron chi connectivity index (χ4n) is 0.958. The smallest absolute Gasteiger partial charge is 0.211 e. The van der Waals surface area contributed by atoms with Gasteiger partial charge in [0.25, 0.3) is 0 Å². The highest BCUT2D eigenvalue weighted by Crippen LogP contribution is 2.03. The highest BCUT2D eigenvalue weighted by molar-refractivity contribution is 7.89. The molecule has 0 aromatic rings. The summed E-state index contributed by atoms with van der Waals surface area (Å²) in [4.78, 5) is 0. The van der Waals surface area contributed by atoms with Gasteiger partial charge >= 0.3 is 0 Å². The van der Waals surface area contributed by atoms with Gasteiger partial charge in [-0.1, -0.05) is 6.92 Å². The first-order chi connectivity index (χ1) is 6.93. The summed E-state index contributed by atoms with van der Waals surface area (Å²) >= 11 is 0. The number of hydrogen-bond acceptors (Lipinski definition) is 4. The van der Waals surface area contributed by atoms with E-state index in [1.54, 1.807) is 13.8 Å². The normalized spacial score (nSPS) is 15.6. The van der Waals surface area contributed by atoms with Gasteiger partial charge in [-0.25, -0.2) is 13.1 Å². The van der Waals surface area contributed by atoms with Crippen molar-refractivity contribution in [3.63, 3.8) is 0 Å². The summed E-state index contributed by atoms with van der Waals surface area (Å²) in [5.41, 5.74) is 0. The number of sulfonamides is 1. The molecule has 15 heavy (non-hydrogen) atoms. The molecule has 0 heterocycles. The summed E-state index contributed by atoms with van der Waals surface area (Å²) in [7, 11) is -3.32. The Balaban J connectivity index is 4.09. The minimum absolute atomic E-state index is 0.0386. The van der Waals surface area contributed by atoms with Crippen molar-refractivity contribution in [2.75, 3.05) is 12.4 Å². The third-order valence-corrected chi connectivity index (χ3v) is 3.77. The van der Waals surface area contributed by atoms with Gasteiger partial charge in [-0.05, 0) is 19.3 Å². The van der Waals surface area contributed by atoms with Crippen LogP contribution in [-0.4, -0.2) is 31.9 Å². The second-order valence-corrected chi connectivity index (χ2v) is 5.52. The molecule has 0 bridgehead atoms. The SMILES string of the molecule is CC(CO)C(C)NS(=O)(=O)CCCC#N. The van der Waals surface area contributed by atoms with Gasteiger partial charge in [0.1, 0.15) is 0 Å². The van der Waals surface area contributed by atoms with Crippen molar-refractivity contribution in [2.24, 2.45) is 5.92 Å². The number of nitrogens with one attached hydrogen (secondary N) is 1. The summed E-state index contributed by atoms with van der Waals surface area (Å²) in [6.45, 7) is 3.42. The predicted octanol–water partition coefficient (Wildman–Crippen LogP) is 0.226. The van der Waals surface area contributed by atoms with Gasteiger partial charge in [0, 0.05) is 19.1 Å². The van der Waals surface area contributed by atoms with Crippen LogP contribution >= 0.6 is 0 Å². The van der Waals surface area contributed by atoms with Gasteiger partial charge in [-0.15, -0.1) is 0 Å². The lowest BCUT2D eigenvalue weighted by atomic mass is 10.1. The van der Waals surface area contributed by atoms with Crippen molar-refractivity contribution in [1.82, 2.24) is 4.72 Å². The summed E-state index contributed by atoms with van der Waals surface area (Å²) in [5, 5.41) is 17.1. The molecule has 6 heteroatoms. The van der Waals surface area contributed by atoms with Crippen molar-refractivity contribution < 1.29 is 13.5 Å². The number of nitrogens with zero attached hydrogens (tertiary/aromatic N) is 1. The zero-order chi connectivity index (χ0) is 11.9. The molecule has 0 aliphatic rings. The number of unbranched alkanes of at least 4 members (excludes halogenated alkanes) is 1. The zero-order valence-electron chi connectivity index (χ0n) is 9.10. The van der Waals surface area contributed by atoms with Gasteiger partial charge in [0.2, 0.25) is 10.0 Å². The monoisotopic (exact) mass is 234 g/mol. The Morgan fingerprint density at radius 3 is 2.53 bits per heavy atom. The summed E-state index contributed by atoms with van der Waals surface area (Å²) in [6, 6.07) is 1.61. The molecular formula is C9H18N2O3S. The van der Waals surface area contributed by atoms with Gasteiger partial charge in [0.05, 0.1) is 11.8 Å². The molecule has 0 aliphatic heterocycles. The Labute approximate surface area is 91.2 Å². The van der Waals surface area contributed by atoms with Gasteiger partial charge in [-0.2, -0.15) is 5.26 Å². The van der Waals surface area contributed by atoms with Crippen LogP contribution in [0.2, 0.25) is 0 Å². The van der Waals surface area contributed by atoms with Gasteiger partial charge < -0.3 is 5.11 Å². The van der Waals surface area contributed by atoms with Crippen LogP contribution in [0.4, 0.5) is 0 Å². The highest BCUT2D eigenvalue weighted by atomic mass is 32.2. The van der Waals surface area contributed by atoms with Crippen molar-refractivity contribution in [3.05, 3.63) is 0 Å². The maximum absolute atomic E-state index is 11.4. The van der Waals surface area contributed by atoms with E-state index in [9.17, 15) is 8.42 Å². The Hall–Kier alpha value is -0.640. The molecule has 0 aliphatic carbocycles. The topological polar surface area (TPSA) is 90.2 Å². The third kappa shape index (κ3) is 6.44. The second-order valence-electron chi connectivity index (χ2n) is 3.65. The largest absolute Gasteiger partial charge is 0.396 e. The zero-order valence-corrected chi connectivity index (χ0v) is 9.92. The fourth-order valence-corrected chi connectivity index (χ4v) is 2.40. The van der Waals surface area contributed by atoms with Crippen LogP contribution in [-0.2, 0) is 10.0 Å². The second kappa shape index (κ2) is 6.77. The average molecular weight is 234 g/mol. The van der Waals surface area contributed by atoms with E-state index in [0.717, 1.165) is 0 Å². The lowest BCUT2D eigenvalue weighted by Crippen LogP contribution is -2.39. The van der Waals surface area contributed by atoms with Crippen LogP contribution in [0, 0.1) is 17.2 Å². The molecule has 2 unspecified atom stereocenters. The van der Waals surface area contributed by atoms with E-state index in [4.69, 9.17) is 10.4 Å². The lowest BCUT2D eigenvalue weighted by molar-refractivity contribution is 0.216. The number of aliphatic hydroxyl groups is 1. The summed E-state index contributed by atoms with van der Waals surface area (Å²) in [6.07, 6.45) is 0.580. The molecule has 5 nitrogen and oxygen atoms in total. The molecule has 0 aromatic carbocycles. The van der Waals surface area contributed by atoms with E-state index in [1.807, 2.05) is 6.07 Å². The quantitative estimate of drug-likeness (QED) is 0.617. The van der Waals surface area contributed by atoms with Crippen LogP contribution < -0.4 is 4.72 Å². The van der Waals surface area contributed by atoms with Crippen molar-refractivity contribution in [2.45, 2.75) is 32.7 Å². The number of rotatable bonds is 7. The summed E-state index contributed by atoms with van der Waals surface area (Å²) in [5.74, 6) is -0.154. The van der Waals surface area contributed by atoms with Crippen LogP contribution in [0.1, 0.15) is 26.7 Å². The van der Waals surface area contributed by atoms with E-state index in [1.165, 1.54) is 0 Å². The van der Waals surface area contributed by atoms with Crippen LogP contribution in [0.3, 0.4) is 0 Å². The average Bonchev–Trinajstić information content (AvgIpc) is 2.16. The Kier molecular flexibility index (Phi) is 6.48. The van der Waals surface area contributed by atoms with E-state index in [2.05, 4.69) is 4.72 Å². The minimum atomic E-state index is -3.32. The van der Waals surface area contributed by atoms with E-state index >= 15 is 0 Å². The molecule has 2 atom stereocenters. The van der Waals surface area contributed by atoms with Crippen LogP contribution in [0.15, 0.2) is 0 Å². The molecule has 88 valence electrons. The molecular weight excluding hydrogens is 216 g/mol. The molecule has 0 saturated heterocycles. The molecule has 0 aromatic heterocycles. The molecule has 0 rings (SSSR count). The Morgan fingerprint density at radius 2 is 2.07 bits per heavy atom. The first-order valence-electron chi connectivity index (χ1n) is 4.90.